The number of hydrogen-bond acceptors (Lipinski definition) is 5. The van der Waals surface area contributed by atoms with Gasteiger partial charge in [-0.3, -0.25) is 10.5 Å². The van der Waals surface area contributed by atoms with Gasteiger partial charge in [0.2, 0.25) is 0 Å². The summed E-state index contributed by atoms with van der Waals surface area (Å²) in [5.41, 5.74) is 14.3. The molecule has 1 unspecified atom stereocenters. The summed E-state index contributed by atoms with van der Waals surface area (Å²) < 4.78 is 0. The van der Waals surface area contributed by atoms with Crippen molar-refractivity contribution in [1.29, 1.82) is 0 Å². The minimum Gasteiger partial charge on any atom is -0.399 e. The maximum Gasteiger partial charge on any atom is 0.167 e. The Balaban J connectivity index is 1.78. The average molecular weight is 285 g/mol. The van der Waals surface area contributed by atoms with Gasteiger partial charge in [0.1, 0.15) is 4.99 Å². The van der Waals surface area contributed by atoms with E-state index in [0.29, 0.717) is 11.3 Å². The lowest BCUT2D eigenvalue weighted by Gasteiger charge is -2.23. The molecule has 4 nitrogen and oxygen atoms in total. The molecule has 0 aromatic heterocycles. The van der Waals surface area contributed by atoms with Gasteiger partial charge < -0.3 is 11.1 Å². The molecular formula is C15H15N3OS. The van der Waals surface area contributed by atoms with Crippen molar-refractivity contribution < 1.29 is 4.79 Å². The number of benzene rings is 2. The fraction of sp³-hybridized carbons (Fsp3) is 0.133. The Bertz CT molecular complexity index is 659. The highest BCUT2D eigenvalue weighted by molar-refractivity contribution is 8.01. The van der Waals surface area contributed by atoms with Crippen molar-refractivity contribution in [1.82, 2.24) is 0 Å². The van der Waals surface area contributed by atoms with Crippen LogP contribution in [0, 0.1) is 0 Å². The smallest absolute Gasteiger partial charge is 0.167 e. The number of anilines is 2. The molecule has 2 aromatic carbocycles. The molecule has 0 spiro atoms. The first-order chi connectivity index (χ1) is 9.56. The standard InChI is InChI=1S/C15H15N3OS/c16-11-6-7-12-14(8-11)20-15(17,18-12)9-13(19)10-4-2-1-3-5-10/h1-8,18H,9,16-17H2. The molecule has 5 heteroatoms. The van der Waals surface area contributed by atoms with Crippen molar-refractivity contribution in [3.8, 4) is 0 Å². The molecule has 5 N–H and O–H groups in total. The van der Waals surface area contributed by atoms with Gasteiger partial charge >= 0.3 is 0 Å². The van der Waals surface area contributed by atoms with E-state index in [9.17, 15) is 4.79 Å². The molecule has 1 atom stereocenters. The zero-order valence-corrected chi connectivity index (χ0v) is 11.6. The molecule has 3 rings (SSSR count). The third kappa shape index (κ3) is 2.50. The molecule has 2 aromatic rings. The Morgan fingerprint density at radius 3 is 2.70 bits per heavy atom. The predicted molar refractivity (Wildman–Crippen MR) is 82.6 cm³/mol. The van der Waals surface area contributed by atoms with Crippen LogP contribution in [-0.4, -0.2) is 10.8 Å². The molecule has 1 aliphatic heterocycles. The first-order valence-electron chi connectivity index (χ1n) is 6.30. The van der Waals surface area contributed by atoms with Gasteiger partial charge in [-0.1, -0.05) is 42.1 Å². The maximum atomic E-state index is 12.3. The second-order valence-corrected chi connectivity index (χ2v) is 6.21. The van der Waals surface area contributed by atoms with E-state index in [-0.39, 0.29) is 12.2 Å². The molecule has 0 amide bonds. The lowest BCUT2D eigenvalue weighted by Crippen LogP contribution is -2.43. The van der Waals surface area contributed by atoms with Crippen molar-refractivity contribution in [2.24, 2.45) is 5.73 Å². The summed E-state index contributed by atoms with van der Waals surface area (Å²) in [6.45, 7) is 0. The highest BCUT2D eigenvalue weighted by Crippen LogP contribution is 2.45. The minimum atomic E-state index is -0.816. The Kier molecular flexibility index (Phi) is 3.16. The molecule has 0 saturated carbocycles. The third-order valence-electron chi connectivity index (χ3n) is 3.16. The first kappa shape index (κ1) is 13.0. The topological polar surface area (TPSA) is 81.1 Å². The van der Waals surface area contributed by atoms with Crippen molar-refractivity contribution in [2.45, 2.75) is 16.3 Å². The minimum absolute atomic E-state index is 0.0221. The van der Waals surface area contributed by atoms with E-state index in [4.69, 9.17) is 11.5 Å². The van der Waals surface area contributed by atoms with E-state index in [1.807, 2.05) is 36.4 Å². The zero-order chi connectivity index (χ0) is 14.2. The van der Waals surface area contributed by atoms with Crippen LogP contribution in [0.3, 0.4) is 0 Å². The van der Waals surface area contributed by atoms with Gasteiger partial charge in [-0.2, -0.15) is 0 Å². The molecule has 1 aliphatic rings. The van der Waals surface area contributed by atoms with Crippen LogP contribution in [0.2, 0.25) is 0 Å². The molecule has 1 heterocycles. The summed E-state index contributed by atoms with van der Waals surface area (Å²) in [6.07, 6.45) is 0.219. The lowest BCUT2D eigenvalue weighted by molar-refractivity contribution is 0.0973. The summed E-state index contributed by atoms with van der Waals surface area (Å²) in [5.74, 6) is 0.0221. The largest absolute Gasteiger partial charge is 0.399 e. The van der Waals surface area contributed by atoms with E-state index in [1.165, 1.54) is 11.8 Å². The Morgan fingerprint density at radius 1 is 1.20 bits per heavy atom. The van der Waals surface area contributed by atoms with Gasteiger partial charge in [0.15, 0.2) is 5.78 Å². The maximum absolute atomic E-state index is 12.3. The highest BCUT2D eigenvalue weighted by Gasteiger charge is 2.36. The molecular weight excluding hydrogens is 270 g/mol. The number of nitrogens with two attached hydrogens (primary N) is 2. The molecule has 0 radical (unpaired) electrons. The first-order valence-corrected chi connectivity index (χ1v) is 7.11. The van der Waals surface area contributed by atoms with Crippen LogP contribution in [0.1, 0.15) is 16.8 Å². The van der Waals surface area contributed by atoms with Crippen LogP contribution < -0.4 is 16.8 Å². The fourth-order valence-corrected chi connectivity index (χ4v) is 3.40. The number of rotatable bonds is 3. The normalized spacial score (nSPS) is 20.2. The predicted octanol–water partition coefficient (Wildman–Crippen LogP) is 2.67. The van der Waals surface area contributed by atoms with Crippen LogP contribution in [0.25, 0.3) is 0 Å². The Morgan fingerprint density at radius 2 is 1.95 bits per heavy atom. The molecule has 0 fully saturated rings. The second kappa shape index (κ2) is 4.85. The number of ketones is 1. The third-order valence-corrected chi connectivity index (χ3v) is 4.33. The van der Waals surface area contributed by atoms with E-state index < -0.39 is 4.99 Å². The van der Waals surface area contributed by atoms with Crippen molar-refractivity contribution in [2.75, 3.05) is 11.1 Å². The van der Waals surface area contributed by atoms with Crippen molar-refractivity contribution in [3.05, 3.63) is 54.1 Å². The summed E-state index contributed by atoms with van der Waals surface area (Å²) in [4.78, 5) is 12.4. The van der Waals surface area contributed by atoms with E-state index >= 15 is 0 Å². The number of carbonyl (C=O) groups excluding carboxylic acids is 1. The number of thioether (sulfide) groups is 1. The number of nitrogen functional groups attached to an aromatic ring is 1. The Labute approximate surface area is 121 Å². The number of nitrogens with one attached hydrogen (secondary N) is 1. The average Bonchev–Trinajstić information content (AvgIpc) is 2.74. The summed E-state index contributed by atoms with van der Waals surface area (Å²) in [5, 5.41) is 3.20. The van der Waals surface area contributed by atoms with Gasteiger partial charge in [-0.05, 0) is 18.2 Å². The molecule has 0 saturated heterocycles. The summed E-state index contributed by atoms with van der Waals surface area (Å²) in [6, 6.07) is 14.8. The van der Waals surface area contributed by atoms with Gasteiger partial charge in [-0.25, -0.2) is 0 Å². The van der Waals surface area contributed by atoms with E-state index in [2.05, 4.69) is 5.32 Å². The van der Waals surface area contributed by atoms with Crippen molar-refractivity contribution >= 4 is 28.9 Å². The monoisotopic (exact) mass is 285 g/mol. The molecule has 0 aliphatic carbocycles. The summed E-state index contributed by atoms with van der Waals surface area (Å²) in [7, 11) is 0. The van der Waals surface area contributed by atoms with Crippen LogP contribution >= 0.6 is 11.8 Å². The van der Waals surface area contributed by atoms with Crippen molar-refractivity contribution in [3.63, 3.8) is 0 Å². The van der Waals surface area contributed by atoms with E-state index in [0.717, 1.165) is 10.6 Å². The van der Waals surface area contributed by atoms with Gasteiger partial charge in [0, 0.05) is 16.1 Å². The van der Waals surface area contributed by atoms with Gasteiger partial charge in [0.25, 0.3) is 0 Å². The Hall–Kier alpha value is -1.98. The van der Waals surface area contributed by atoms with Crippen LogP contribution in [0.4, 0.5) is 11.4 Å². The summed E-state index contributed by atoms with van der Waals surface area (Å²) >= 11 is 1.44. The van der Waals surface area contributed by atoms with Crippen LogP contribution in [0.5, 0.6) is 0 Å². The lowest BCUT2D eigenvalue weighted by atomic mass is 10.1. The van der Waals surface area contributed by atoms with Gasteiger partial charge in [-0.15, -0.1) is 0 Å². The molecule has 102 valence electrons. The van der Waals surface area contributed by atoms with E-state index in [1.54, 1.807) is 12.1 Å². The zero-order valence-electron chi connectivity index (χ0n) is 10.8. The number of carbonyl (C=O) groups is 1. The number of fused-ring (bicyclic) bond motifs is 1. The van der Waals surface area contributed by atoms with Gasteiger partial charge in [0.05, 0.1) is 12.1 Å². The highest BCUT2D eigenvalue weighted by atomic mass is 32.2. The van der Waals surface area contributed by atoms with Crippen LogP contribution in [0.15, 0.2) is 53.4 Å². The quantitative estimate of drug-likeness (QED) is 0.596. The second-order valence-electron chi connectivity index (χ2n) is 4.84. The molecule has 0 bridgehead atoms. The fourth-order valence-electron chi connectivity index (χ4n) is 2.22. The SMILES string of the molecule is Nc1ccc2c(c1)SC(N)(CC(=O)c1ccccc1)N2. The number of hydrogen-bond donors (Lipinski definition) is 3. The molecule has 20 heavy (non-hydrogen) atoms. The number of Topliss-reactive ketones (excluding diaryl/α,β-unsaturated/α-hetero) is 1. The van der Waals surface area contributed by atoms with Crippen LogP contribution in [-0.2, 0) is 0 Å².